The quantitative estimate of drug-likeness (QED) is 0.711. The third kappa shape index (κ3) is 3.42. The van der Waals surface area contributed by atoms with E-state index in [9.17, 15) is 4.39 Å². The maximum atomic E-state index is 12.6. The molecule has 0 aromatic heterocycles. The Morgan fingerprint density at radius 1 is 1.12 bits per heavy atom. The van der Waals surface area contributed by atoms with Gasteiger partial charge in [-0.2, -0.15) is 0 Å². The summed E-state index contributed by atoms with van der Waals surface area (Å²) < 4.78 is 12.6. The average molecular weight is 230 g/mol. The topological polar surface area (TPSA) is 29.3 Å². The first-order valence-electron chi connectivity index (χ1n) is 6.80. The predicted molar refractivity (Wildman–Crippen MR) is 67.3 cm³/mol. The molecule has 1 aliphatic rings. The van der Waals surface area contributed by atoms with Crippen molar-refractivity contribution in [1.29, 1.82) is 0 Å². The molecule has 1 aliphatic carbocycles. The highest BCUT2D eigenvalue weighted by Crippen LogP contribution is 2.31. The molecule has 1 fully saturated rings. The van der Waals surface area contributed by atoms with Crippen molar-refractivity contribution in [3.8, 4) is 0 Å². The second kappa shape index (κ2) is 7.23. The second-order valence-corrected chi connectivity index (χ2v) is 5.02. The Kier molecular flexibility index (Phi) is 6.29. The van der Waals surface area contributed by atoms with Crippen molar-refractivity contribution in [1.82, 2.24) is 4.90 Å². The maximum absolute atomic E-state index is 12.6. The number of nitrogens with two attached hydrogens (primary N) is 1. The van der Waals surface area contributed by atoms with Gasteiger partial charge in [0.05, 0.1) is 0 Å². The lowest BCUT2D eigenvalue weighted by Gasteiger charge is -2.43. The Balaban J connectivity index is 2.71. The second-order valence-electron chi connectivity index (χ2n) is 5.02. The van der Waals surface area contributed by atoms with Crippen LogP contribution in [0.3, 0.4) is 0 Å². The standard InChI is InChI=1S/C13H27FN2/c1-2-10-16(11-9-14)13(12-15)7-5-3-4-6-8-13/h2-12,15H2,1H3. The van der Waals surface area contributed by atoms with Gasteiger partial charge in [-0.1, -0.05) is 32.6 Å². The highest BCUT2D eigenvalue weighted by molar-refractivity contribution is 4.93. The molecule has 0 radical (unpaired) electrons. The molecule has 3 heteroatoms. The van der Waals surface area contributed by atoms with Gasteiger partial charge in [0.25, 0.3) is 0 Å². The largest absolute Gasteiger partial charge is 0.329 e. The lowest BCUT2D eigenvalue weighted by Crippen LogP contribution is -2.54. The summed E-state index contributed by atoms with van der Waals surface area (Å²) in [7, 11) is 0. The fourth-order valence-electron chi connectivity index (χ4n) is 2.99. The molecular formula is C13H27FN2. The van der Waals surface area contributed by atoms with E-state index in [1.54, 1.807) is 0 Å². The SMILES string of the molecule is CCCN(CCF)C1(CN)CCCCCC1. The Hall–Kier alpha value is -0.150. The van der Waals surface area contributed by atoms with Crippen molar-refractivity contribution >= 4 is 0 Å². The molecule has 0 unspecified atom stereocenters. The third-order valence-corrected chi connectivity index (χ3v) is 3.93. The normalized spacial score (nSPS) is 21.0. The zero-order valence-electron chi connectivity index (χ0n) is 10.7. The molecule has 1 saturated carbocycles. The summed E-state index contributed by atoms with van der Waals surface area (Å²) >= 11 is 0. The van der Waals surface area contributed by atoms with E-state index < -0.39 is 0 Å². The van der Waals surface area contributed by atoms with Crippen molar-refractivity contribution in [3.05, 3.63) is 0 Å². The predicted octanol–water partition coefficient (Wildman–Crippen LogP) is 2.72. The van der Waals surface area contributed by atoms with Gasteiger partial charge in [0, 0.05) is 18.6 Å². The van der Waals surface area contributed by atoms with Crippen molar-refractivity contribution in [2.75, 3.05) is 26.3 Å². The van der Waals surface area contributed by atoms with Gasteiger partial charge in [-0.3, -0.25) is 4.90 Å². The molecule has 0 spiro atoms. The van der Waals surface area contributed by atoms with Gasteiger partial charge >= 0.3 is 0 Å². The molecule has 2 N–H and O–H groups in total. The van der Waals surface area contributed by atoms with E-state index in [1.807, 2.05) is 0 Å². The minimum Gasteiger partial charge on any atom is -0.329 e. The molecule has 0 bridgehead atoms. The van der Waals surface area contributed by atoms with Crippen LogP contribution in [0.25, 0.3) is 0 Å². The van der Waals surface area contributed by atoms with Gasteiger partial charge in [0.1, 0.15) is 6.67 Å². The number of nitrogens with zero attached hydrogens (tertiary/aromatic N) is 1. The zero-order valence-corrected chi connectivity index (χ0v) is 10.7. The molecule has 0 aliphatic heterocycles. The van der Waals surface area contributed by atoms with Crippen LogP contribution in [-0.2, 0) is 0 Å². The molecule has 0 heterocycles. The number of alkyl halides is 1. The first-order valence-corrected chi connectivity index (χ1v) is 6.80. The smallest absolute Gasteiger partial charge is 0.102 e. The van der Waals surface area contributed by atoms with Gasteiger partial charge in [-0.25, -0.2) is 4.39 Å². The van der Waals surface area contributed by atoms with Crippen molar-refractivity contribution < 1.29 is 4.39 Å². The minimum absolute atomic E-state index is 0.0958. The Morgan fingerprint density at radius 3 is 2.19 bits per heavy atom. The summed E-state index contributed by atoms with van der Waals surface area (Å²) in [6.07, 6.45) is 8.54. The summed E-state index contributed by atoms with van der Waals surface area (Å²) in [6.45, 7) is 4.15. The molecule has 16 heavy (non-hydrogen) atoms. The average Bonchev–Trinajstić information content (AvgIpc) is 2.55. The third-order valence-electron chi connectivity index (χ3n) is 3.93. The molecule has 0 atom stereocenters. The van der Waals surface area contributed by atoms with E-state index in [0.717, 1.165) is 25.8 Å². The minimum atomic E-state index is -0.248. The van der Waals surface area contributed by atoms with Gasteiger partial charge in [0.15, 0.2) is 0 Å². The van der Waals surface area contributed by atoms with E-state index in [0.29, 0.717) is 13.1 Å². The monoisotopic (exact) mass is 230 g/mol. The first-order chi connectivity index (χ1) is 7.79. The van der Waals surface area contributed by atoms with Crippen LogP contribution < -0.4 is 5.73 Å². The fourth-order valence-corrected chi connectivity index (χ4v) is 2.99. The van der Waals surface area contributed by atoms with Crippen LogP contribution in [-0.4, -0.2) is 36.7 Å². The van der Waals surface area contributed by atoms with Crippen LogP contribution in [0.15, 0.2) is 0 Å². The van der Waals surface area contributed by atoms with E-state index in [2.05, 4.69) is 11.8 Å². The van der Waals surface area contributed by atoms with E-state index in [1.165, 1.54) is 25.7 Å². The van der Waals surface area contributed by atoms with Crippen molar-refractivity contribution in [3.63, 3.8) is 0 Å². The first kappa shape index (κ1) is 13.9. The van der Waals surface area contributed by atoms with Gasteiger partial charge < -0.3 is 5.73 Å². The number of rotatable bonds is 6. The molecule has 96 valence electrons. The summed E-state index contributed by atoms with van der Waals surface area (Å²) in [5.74, 6) is 0. The van der Waals surface area contributed by atoms with Gasteiger partial charge in [0.2, 0.25) is 0 Å². The number of hydrogen-bond donors (Lipinski definition) is 1. The summed E-state index contributed by atoms with van der Waals surface area (Å²) in [5.41, 5.74) is 6.10. The van der Waals surface area contributed by atoms with Crippen LogP contribution >= 0.6 is 0 Å². The van der Waals surface area contributed by atoms with Crippen LogP contribution in [0.1, 0.15) is 51.9 Å². The number of halogens is 1. The summed E-state index contributed by atoms with van der Waals surface area (Å²) in [6, 6.07) is 0. The Morgan fingerprint density at radius 2 is 1.75 bits per heavy atom. The summed E-state index contributed by atoms with van der Waals surface area (Å²) in [4.78, 5) is 2.32. The lowest BCUT2D eigenvalue weighted by molar-refractivity contribution is 0.0710. The molecule has 1 rings (SSSR count). The molecule has 0 aromatic carbocycles. The molecule has 0 amide bonds. The fraction of sp³-hybridized carbons (Fsp3) is 1.00. The van der Waals surface area contributed by atoms with Crippen LogP contribution in [0.4, 0.5) is 4.39 Å². The van der Waals surface area contributed by atoms with Crippen LogP contribution in [0, 0.1) is 0 Å². The van der Waals surface area contributed by atoms with Crippen LogP contribution in [0.2, 0.25) is 0 Å². The number of hydrogen-bond acceptors (Lipinski definition) is 2. The van der Waals surface area contributed by atoms with Crippen molar-refractivity contribution in [2.45, 2.75) is 57.4 Å². The van der Waals surface area contributed by atoms with E-state index in [4.69, 9.17) is 5.73 Å². The van der Waals surface area contributed by atoms with Crippen molar-refractivity contribution in [2.24, 2.45) is 5.73 Å². The Bertz CT molecular complexity index is 171. The van der Waals surface area contributed by atoms with E-state index in [-0.39, 0.29) is 12.2 Å². The highest BCUT2D eigenvalue weighted by atomic mass is 19.1. The lowest BCUT2D eigenvalue weighted by atomic mass is 9.88. The molecular weight excluding hydrogens is 203 g/mol. The molecule has 0 aromatic rings. The molecule has 2 nitrogen and oxygen atoms in total. The summed E-state index contributed by atoms with van der Waals surface area (Å²) in [5, 5.41) is 0. The van der Waals surface area contributed by atoms with E-state index >= 15 is 0 Å². The van der Waals surface area contributed by atoms with Crippen LogP contribution in [0.5, 0.6) is 0 Å². The van der Waals surface area contributed by atoms with Gasteiger partial charge in [-0.05, 0) is 25.8 Å². The highest BCUT2D eigenvalue weighted by Gasteiger charge is 2.34. The Labute approximate surface area is 99.4 Å². The zero-order chi connectivity index (χ0) is 11.9. The van der Waals surface area contributed by atoms with Gasteiger partial charge in [-0.15, -0.1) is 0 Å². The maximum Gasteiger partial charge on any atom is 0.102 e. The molecule has 0 saturated heterocycles.